The van der Waals surface area contributed by atoms with E-state index in [2.05, 4.69) is 11.9 Å². The third kappa shape index (κ3) is 16.3. The molecule has 7 heteroatoms. The molecular weight excluding hydrogens is 346 g/mol. The number of hydrogen-bond acceptors (Lipinski definition) is 5. The molecule has 0 aromatic carbocycles. The maximum Gasteiger partial charge on any atom is 0.323 e. The van der Waals surface area contributed by atoms with Crippen molar-refractivity contribution < 1.29 is 24.3 Å². The van der Waals surface area contributed by atoms with E-state index in [1.54, 1.807) is 21.1 Å². The van der Waals surface area contributed by atoms with Gasteiger partial charge in [-0.3, -0.25) is 9.79 Å². The largest absolute Gasteiger partial charge is 0.544 e. The molecule has 27 heavy (non-hydrogen) atoms. The Hall–Kier alpha value is -1.63. The number of aliphatic carboxylic acids is 2. The molecule has 0 aromatic heterocycles. The summed E-state index contributed by atoms with van der Waals surface area (Å²) in [4.78, 5) is 26.9. The minimum absolute atomic E-state index is 0.0694. The average molecular weight is 386 g/mol. The summed E-state index contributed by atoms with van der Waals surface area (Å²) in [5.74, 6) is -0.753. The van der Waals surface area contributed by atoms with Gasteiger partial charge in [0.05, 0.1) is 39.5 Å². The molecule has 1 heterocycles. The van der Waals surface area contributed by atoms with E-state index in [1.807, 2.05) is 4.90 Å². The fraction of sp³-hybridized carbons (Fsp3) is 0.850. The molecule has 7 nitrogen and oxygen atoms in total. The van der Waals surface area contributed by atoms with Crippen LogP contribution in [0.3, 0.4) is 0 Å². The molecule has 0 saturated carbocycles. The predicted molar refractivity (Wildman–Crippen MR) is 107 cm³/mol. The molecule has 0 atom stereocenters. The van der Waals surface area contributed by atoms with Crippen LogP contribution in [0.2, 0.25) is 0 Å². The number of carboxylic acid groups (broad SMARTS) is 2. The van der Waals surface area contributed by atoms with Gasteiger partial charge in [0, 0.05) is 13.0 Å². The Labute approximate surface area is 164 Å². The van der Waals surface area contributed by atoms with Gasteiger partial charge in [-0.25, -0.2) is 0 Å². The third-order valence-corrected chi connectivity index (χ3v) is 4.21. The number of rotatable bonds is 13. The number of aliphatic imine (C=N–C) groups is 1. The van der Waals surface area contributed by atoms with Crippen LogP contribution in [0.1, 0.15) is 64.7 Å². The molecule has 0 aromatic rings. The first-order valence-electron chi connectivity index (χ1n) is 10.2. The number of quaternary nitrogens is 1. The summed E-state index contributed by atoms with van der Waals surface area (Å²) in [6, 6.07) is 0. The zero-order valence-electron chi connectivity index (χ0n) is 17.7. The van der Waals surface area contributed by atoms with E-state index in [0.717, 1.165) is 31.8 Å². The Morgan fingerprint density at radius 2 is 1.63 bits per heavy atom. The predicted octanol–water partition coefficient (Wildman–Crippen LogP) is 1.76. The highest BCUT2D eigenvalue weighted by Crippen LogP contribution is 2.12. The minimum Gasteiger partial charge on any atom is -0.544 e. The number of amidine groups is 1. The highest BCUT2D eigenvalue weighted by Gasteiger charge is 2.18. The molecule has 0 amide bonds. The summed E-state index contributed by atoms with van der Waals surface area (Å²) in [6.07, 6.45) is 11.4. The molecule has 0 bridgehead atoms. The standard InChI is InChI=1S/C15H28N2O2.C5H11NO2/c1-2-3-4-5-6-7-8-9-10-14-16-11-12-17(14)13-15(18)19;1-6(2,3)4-5(7)8/h2-13H2,1H3,(H,18,19);4H2,1-3H3. The van der Waals surface area contributed by atoms with Gasteiger partial charge in [0.1, 0.15) is 13.1 Å². The molecule has 158 valence electrons. The summed E-state index contributed by atoms with van der Waals surface area (Å²) in [5, 5.41) is 18.7. The molecule has 1 aliphatic heterocycles. The molecule has 0 fully saturated rings. The second-order valence-electron chi connectivity index (χ2n) is 8.16. The first-order chi connectivity index (χ1) is 12.7. The van der Waals surface area contributed by atoms with Crippen molar-refractivity contribution in [3.05, 3.63) is 0 Å². The fourth-order valence-corrected chi connectivity index (χ4v) is 2.90. The average Bonchev–Trinajstić information content (AvgIpc) is 2.94. The van der Waals surface area contributed by atoms with E-state index < -0.39 is 11.9 Å². The van der Waals surface area contributed by atoms with Crippen molar-refractivity contribution in [1.82, 2.24) is 4.90 Å². The molecule has 0 radical (unpaired) electrons. The normalized spacial score (nSPS) is 13.8. The zero-order chi connectivity index (χ0) is 20.7. The quantitative estimate of drug-likeness (QED) is 0.385. The lowest BCUT2D eigenvalue weighted by Gasteiger charge is -2.23. The van der Waals surface area contributed by atoms with Crippen molar-refractivity contribution in [2.45, 2.75) is 64.7 Å². The first-order valence-corrected chi connectivity index (χ1v) is 10.2. The van der Waals surface area contributed by atoms with Crippen LogP contribution in [0.5, 0.6) is 0 Å². The number of likely N-dealkylation sites (N-methyl/N-ethyl adjacent to an activating group) is 1. The van der Waals surface area contributed by atoms with Gasteiger partial charge in [-0.1, -0.05) is 51.9 Å². The van der Waals surface area contributed by atoms with Gasteiger partial charge >= 0.3 is 5.97 Å². The number of hydrogen-bond donors (Lipinski definition) is 1. The number of nitrogens with zero attached hydrogens (tertiary/aromatic N) is 3. The molecule has 1 rings (SSSR count). The number of carbonyl (C=O) groups is 2. The smallest absolute Gasteiger partial charge is 0.323 e. The molecule has 0 aliphatic carbocycles. The monoisotopic (exact) mass is 385 g/mol. The second kappa shape index (κ2) is 14.4. The van der Waals surface area contributed by atoms with Gasteiger partial charge in [0.2, 0.25) is 0 Å². The van der Waals surface area contributed by atoms with E-state index >= 15 is 0 Å². The van der Waals surface area contributed by atoms with E-state index in [4.69, 9.17) is 5.11 Å². The van der Waals surface area contributed by atoms with Gasteiger partial charge in [-0.15, -0.1) is 0 Å². The van der Waals surface area contributed by atoms with Crippen molar-refractivity contribution in [2.24, 2.45) is 4.99 Å². The van der Waals surface area contributed by atoms with Gasteiger partial charge in [0.15, 0.2) is 0 Å². The van der Waals surface area contributed by atoms with Gasteiger partial charge in [-0.2, -0.15) is 0 Å². The molecule has 1 N–H and O–H groups in total. The van der Waals surface area contributed by atoms with Crippen LogP contribution in [-0.4, -0.2) is 79.6 Å². The Bertz CT molecular complexity index is 459. The van der Waals surface area contributed by atoms with E-state index in [0.29, 0.717) is 4.48 Å². The molecule has 0 unspecified atom stereocenters. The second-order valence-corrected chi connectivity index (χ2v) is 8.16. The molecule has 0 saturated heterocycles. The Morgan fingerprint density at radius 3 is 2.07 bits per heavy atom. The van der Waals surface area contributed by atoms with E-state index in [1.165, 1.54) is 44.9 Å². The SMILES string of the molecule is CCCCCCCCCCC1=NCCN1CC(=O)O.C[N+](C)(C)CC(=O)[O-]. The van der Waals surface area contributed by atoms with Crippen molar-refractivity contribution >= 4 is 17.8 Å². The lowest BCUT2D eigenvalue weighted by atomic mass is 10.1. The van der Waals surface area contributed by atoms with Gasteiger partial charge < -0.3 is 24.4 Å². The van der Waals surface area contributed by atoms with Crippen LogP contribution in [0.4, 0.5) is 0 Å². The van der Waals surface area contributed by atoms with E-state index in [9.17, 15) is 14.7 Å². The van der Waals surface area contributed by atoms with E-state index in [-0.39, 0.29) is 13.1 Å². The van der Waals surface area contributed by atoms with Crippen LogP contribution in [0.15, 0.2) is 4.99 Å². The number of unbranched alkanes of at least 4 members (excludes halogenated alkanes) is 7. The third-order valence-electron chi connectivity index (χ3n) is 4.21. The maximum atomic E-state index is 10.7. The summed E-state index contributed by atoms with van der Waals surface area (Å²) >= 11 is 0. The summed E-state index contributed by atoms with van der Waals surface area (Å²) in [6.45, 7) is 3.96. The maximum absolute atomic E-state index is 10.7. The van der Waals surface area contributed by atoms with Crippen molar-refractivity contribution in [3.8, 4) is 0 Å². The van der Waals surface area contributed by atoms with Crippen LogP contribution in [0.25, 0.3) is 0 Å². The minimum atomic E-state index is -1.00. The summed E-state index contributed by atoms with van der Waals surface area (Å²) < 4.78 is 0.419. The topological polar surface area (TPSA) is 93.0 Å². The Morgan fingerprint density at radius 1 is 1.07 bits per heavy atom. The number of carboxylic acids is 2. The Balaban J connectivity index is 0.000000713. The lowest BCUT2D eigenvalue weighted by molar-refractivity contribution is -0.864. The van der Waals surface area contributed by atoms with Crippen LogP contribution in [-0.2, 0) is 9.59 Å². The van der Waals surface area contributed by atoms with Crippen molar-refractivity contribution in [3.63, 3.8) is 0 Å². The molecule has 0 spiro atoms. The van der Waals surface area contributed by atoms with Crippen LogP contribution >= 0.6 is 0 Å². The summed E-state index contributed by atoms with van der Waals surface area (Å²) in [5.41, 5.74) is 0. The highest BCUT2D eigenvalue weighted by atomic mass is 16.4. The summed E-state index contributed by atoms with van der Waals surface area (Å²) in [7, 11) is 5.40. The lowest BCUT2D eigenvalue weighted by Crippen LogP contribution is -2.45. The first kappa shape index (κ1) is 25.4. The Kier molecular flexibility index (Phi) is 13.6. The fourth-order valence-electron chi connectivity index (χ4n) is 2.90. The van der Waals surface area contributed by atoms with Crippen LogP contribution < -0.4 is 5.11 Å². The van der Waals surface area contributed by atoms with Gasteiger partial charge in [-0.05, 0) is 6.42 Å². The highest BCUT2D eigenvalue weighted by molar-refractivity contribution is 5.86. The molecular formula is C20H39N3O4. The van der Waals surface area contributed by atoms with Crippen molar-refractivity contribution in [2.75, 3.05) is 47.3 Å². The molecule has 1 aliphatic rings. The van der Waals surface area contributed by atoms with Gasteiger partial charge in [0.25, 0.3) is 0 Å². The number of carbonyl (C=O) groups excluding carboxylic acids is 1. The zero-order valence-corrected chi connectivity index (χ0v) is 17.7. The van der Waals surface area contributed by atoms with Crippen LogP contribution in [0, 0.1) is 0 Å². The van der Waals surface area contributed by atoms with Crippen molar-refractivity contribution in [1.29, 1.82) is 0 Å².